The summed E-state index contributed by atoms with van der Waals surface area (Å²) in [5, 5.41) is 7.00. The predicted molar refractivity (Wildman–Crippen MR) is 89.9 cm³/mol. The van der Waals surface area contributed by atoms with Crippen molar-refractivity contribution in [1.82, 2.24) is 10.2 Å². The molecular formula is C19H12F2N2O3. The lowest BCUT2D eigenvalue weighted by Crippen LogP contribution is -1.96. The van der Waals surface area contributed by atoms with Crippen molar-refractivity contribution in [2.45, 2.75) is 0 Å². The van der Waals surface area contributed by atoms with Gasteiger partial charge < -0.3 is 9.47 Å². The predicted octanol–water partition coefficient (Wildman–Crippen LogP) is 3.98. The molecule has 0 bridgehead atoms. The number of halogens is 2. The first-order valence-electron chi connectivity index (χ1n) is 7.73. The number of aromatic nitrogens is 2. The van der Waals surface area contributed by atoms with E-state index in [4.69, 9.17) is 9.47 Å². The van der Waals surface area contributed by atoms with Crippen LogP contribution in [-0.4, -0.2) is 22.8 Å². The second kappa shape index (κ2) is 6.44. The maximum atomic E-state index is 13.2. The van der Waals surface area contributed by atoms with Crippen molar-refractivity contribution in [2.24, 2.45) is 0 Å². The zero-order valence-electron chi connectivity index (χ0n) is 13.3. The summed E-state index contributed by atoms with van der Waals surface area (Å²) < 4.78 is 36.7. The fraction of sp³-hybridized carbons (Fsp3) is 0.0526. The number of allylic oxidation sites excluding steroid dienone is 1. The Labute approximate surface area is 146 Å². The van der Waals surface area contributed by atoms with Crippen molar-refractivity contribution in [3.05, 3.63) is 71.4 Å². The third-order valence-corrected chi connectivity index (χ3v) is 3.88. The lowest BCUT2D eigenvalue weighted by molar-refractivity contribution is 0.104. The summed E-state index contributed by atoms with van der Waals surface area (Å²) in [6, 6.07) is 10.2. The second-order valence-electron chi connectivity index (χ2n) is 5.60. The quantitative estimate of drug-likeness (QED) is 0.569. The number of ketones is 1. The average Bonchev–Trinajstić information content (AvgIpc) is 3.30. The lowest BCUT2D eigenvalue weighted by Gasteiger charge is -1.98. The molecule has 2 aromatic carbocycles. The zero-order valence-corrected chi connectivity index (χ0v) is 13.3. The SMILES string of the molecule is O=C(/C=C/c1cc(-c2ccc3c(c2)OCO3)n[nH]1)c1ccc(F)c(F)c1. The molecule has 0 spiro atoms. The van der Waals surface area contributed by atoms with E-state index in [0.717, 1.165) is 17.7 Å². The first-order chi connectivity index (χ1) is 12.6. The Morgan fingerprint density at radius 1 is 1.04 bits per heavy atom. The van der Waals surface area contributed by atoms with Gasteiger partial charge in [0.25, 0.3) is 0 Å². The lowest BCUT2D eigenvalue weighted by atomic mass is 10.1. The first-order valence-corrected chi connectivity index (χ1v) is 7.73. The van der Waals surface area contributed by atoms with Gasteiger partial charge in [-0.15, -0.1) is 0 Å². The molecule has 0 aliphatic carbocycles. The smallest absolute Gasteiger partial charge is 0.231 e. The van der Waals surface area contributed by atoms with Crippen LogP contribution in [0.5, 0.6) is 11.5 Å². The van der Waals surface area contributed by atoms with E-state index in [1.54, 1.807) is 12.1 Å². The summed E-state index contributed by atoms with van der Waals surface area (Å²) in [7, 11) is 0. The molecule has 1 aliphatic rings. The molecule has 5 nitrogen and oxygen atoms in total. The van der Waals surface area contributed by atoms with E-state index < -0.39 is 17.4 Å². The van der Waals surface area contributed by atoms with Crippen molar-refractivity contribution in [1.29, 1.82) is 0 Å². The largest absolute Gasteiger partial charge is 0.454 e. The highest BCUT2D eigenvalue weighted by molar-refractivity contribution is 6.06. The van der Waals surface area contributed by atoms with Gasteiger partial charge in [-0.1, -0.05) is 0 Å². The van der Waals surface area contributed by atoms with Crippen LogP contribution in [0.25, 0.3) is 17.3 Å². The summed E-state index contributed by atoms with van der Waals surface area (Å²) >= 11 is 0. The van der Waals surface area contributed by atoms with Gasteiger partial charge in [-0.2, -0.15) is 5.10 Å². The monoisotopic (exact) mass is 354 g/mol. The average molecular weight is 354 g/mol. The molecule has 0 unspecified atom stereocenters. The topological polar surface area (TPSA) is 64.2 Å². The van der Waals surface area contributed by atoms with Crippen LogP contribution in [-0.2, 0) is 0 Å². The first kappa shape index (κ1) is 16.0. The van der Waals surface area contributed by atoms with E-state index >= 15 is 0 Å². The van der Waals surface area contributed by atoms with Gasteiger partial charge in [0.05, 0.1) is 11.4 Å². The Morgan fingerprint density at radius 3 is 2.73 bits per heavy atom. The van der Waals surface area contributed by atoms with E-state index in [1.165, 1.54) is 18.2 Å². The molecule has 1 aliphatic heterocycles. The third kappa shape index (κ3) is 3.06. The van der Waals surface area contributed by atoms with Crippen molar-refractivity contribution >= 4 is 11.9 Å². The maximum absolute atomic E-state index is 13.2. The van der Waals surface area contributed by atoms with Crippen LogP contribution >= 0.6 is 0 Å². The molecule has 0 saturated carbocycles. The molecular weight excluding hydrogens is 342 g/mol. The molecule has 0 radical (unpaired) electrons. The number of nitrogens with one attached hydrogen (secondary N) is 1. The minimum atomic E-state index is -1.06. The number of ether oxygens (including phenoxy) is 2. The second-order valence-corrected chi connectivity index (χ2v) is 5.60. The van der Waals surface area contributed by atoms with Crippen LogP contribution < -0.4 is 9.47 Å². The maximum Gasteiger partial charge on any atom is 0.231 e. The number of fused-ring (bicyclic) bond motifs is 1. The van der Waals surface area contributed by atoms with Gasteiger partial charge in [0, 0.05) is 11.1 Å². The number of aromatic amines is 1. The van der Waals surface area contributed by atoms with Gasteiger partial charge in [0.15, 0.2) is 28.9 Å². The number of hydrogen-bond donors (Lipinski definition) is 1. The number of H-pyrrole nitrogens is 1. The molecule has 7 heteroatoms. The van der Waals surface area contributed by atoms with E-state index in [0.29, 0.717) is 22.9 Å². The molecule has 0 fully saturated rings. The normalized spacial score (nSPS) is 12.7. The van der Waals surface area contributed by atoms with E-state index in [1.807, 2.05) is 12.1 Å². The number of benzene rings is 2. The third-order valence-electron chi connectivity index (χ3n) is 3.88. The Bertz CT molecular complexity index is 1030. The van der Waals surface area contributed by atoms with E-state index in [9.17, 15) is 13.6 Å². The summed E-state index contributed by atoms with van der Waals surface area (Å²) in [5.74, 6) is -1.16. The van der Waals surface area contributed by atoms with Gasteiger partial charge in [-0.3, -0.25) is 9.89 Å². The highest BCUT2D eigenvalue weighted by Crippen LogP contribution is 2.35. The van der Waals surface area contributed by atoms with Gasteiger partial charge in [-0.05, 0) is 54.6 Å². The zero-order chi connectivity index (χ0) is 18.1. The molecule has 130 valence electrons. The number of rotatable bonds is 4. The van der Waals surface area contributed by atoms with Gasteiger partial charge in [0.2, 0.25) is 6.79 Å². The summed E-state index contributed by atoms with van der Waals surface area (Å²) in [5.41, 5.74) is 2.16. The number of carbonyl (C=O) groups is 1. The number of hydrogen-bond acceptors (Lipinski definition) is 4. The van der Waals surface area contributed by atoms with Crippen LogP contribution in [0.2, 0.25) is 0 Å². The molecule has 1 aromatic heterocycles. The van der Waals surface area contributed by atoms with E-state index in [2.05, 4.69) is 10.2 Å². The van der Waals surface area contributed by atoms with Gasteiger partial charge in [0.1, 0.15) is 0 Å². The Morgan fingerprint density at radius 2 is 1.88 bits per heavy atom. The number of nitrogens with zero attached hydrogens (tertiary/aromatic N) is 1. The van der Waals surface area contributed by atoms with Crippen molar-refractivity contribution in [3.8, 4) is 22.8 Å². The van der Waals surface area contributed by atoms with Gasteiger partial charge >= 0.3 is 0 Å². The summed E-state index contributed by atoms with van der Waals surface area (Å²) in [6.07, 6.45) is 2.79. The Hall–Kier alpha value is -3.48. The van der Waals surface area contributed by atoms with Crippen LogP contribution in [0, 0.1) is 11.6 Å². The Balaban J connectivity index is 1.52. The van der Waals surface area contributed by atoms with Crippen LogP contribution in [0.4, 0.5) is 8.78 Å². The molecule has 0 amide bonds. The van der Waals surface area contributed by atoms with Crippen molar-refractivity contribution in [3.63, 3.8) is 0 Å². The molecule has 2 heterocycles. The molecule has 1 N–H and O–H groups in total. The summed E-state index contributed by atoms with van der Waals surface area (Å²) in [4.78, 5) is 12.0. The molecule has 4 rings (SSSR count). The minimum absolute atomic E-state index is 0.0654. The molecule has 0 atom stereocenters. The van der Waals surface area contributed by atoms with Gasteiger partial charge in [-0.25, -0.2) is 8.78 Å². The minimum Gasteiger partial charge on any atom is -0.454 e. The summed E-state index contributed by atoms with van der Waals surface area (Å²) in [6.45, 7) is 0.194. The fourth-order valence-electron chi connectivity index (χ4n) is 2.54. The number of carbonyl (C=O) groups excluding carboxylic acids is 1. The standard InChI is InChI=1S/C19H12F2N2O3/c20-14-4-1-12(7-15(14)21)17(24)5-3-13-9-16(23-22-13)11-2-6-18-19(8-11)26-10-25-18/h1-9H,10H2,(H,22,23)/b5-3+. The van der Waals surface area contributed by atoms with E-state index in [-0.39, 0.29) is 12.4 Å². The molecule has 3 aromatic rings. The van der Waals surface area contributed by atoms with Crippen molar-refractivity contribution in [2.75, 3.05) is 6.79 Å². The van der Waals surface area contributed by atoms with Crippen LogP contribution in [0.15, 0.2) is 48.5 Å². The fourth-order valence-corrected chi connectivity index (χ4v) is 2.54. The molecule has 26 heavy (non-hydrogen) atoms. The van der Waals surface area contributed by atoms with Crippen molar-refractivity contribution < 1.29 is 23.0 Å². The van der Waals surface area contributed by atoms with Crippen LogP contribution in [0.3, 0.4) is 0 Å². The Kier molecular flexibility index (Phi) is 3.96. The molecule has 0 saturated heterocycles. The highest BCUT2D eigenvalue weighted by atomic mass is 19.2. The van der Waals surface area contributed by atoms with Crippen LogP contribution in [0.1, 0.15) is 16.1 Å². The highest BCUT2D eigenvalue weighted by Gasteiger charge is 2.15.